The van der Waals surface area contributed by atoms with Crippen LogP contribution in [0.25, 0.3) is 0 Å². The van der Waals surface area contributed by atoms with E-state index in [0.29, 0.717) is 5.02 Å². The Kier molecular flexibility index (Phi) is 5.36. The molecule has 0 radical (unpaired) electrons. The van der Waals surface area contributed by atoms with Crippen LogP contribution >= 0.6 is 11.6 Å². The highest BCUT2D eigenvalue weighted by atomic mass is 35.5. The third-order valence-electron chi connectivity index (χ3n) is 3.26. The summed E-state index contributed by atoms with van der Waals surface area (Å²) in [6, 6.07) is 6.99. The van der Waals surface area contributed by atoms with Crippen molar-refractivity contribution in [3.05, 3.63) is 34.9 Å². The lowest BCUT2D eigenvalue weighted by Crippen LogP contribution is -2.36. The molecular formula is C14H18ClNO3. The summed E-state index contributed by atoms with van der Waals surface area (Å²) in [4.78, 5) is 22.8. The summed E-state index contributed by atoms with van der Waals surface area (Å²) in [5, 5.41) is 12.3. The Labute approximate surface area is 117 Å². The third kappa shape index (κ3) is 4.24. The van der Waals surface area contributed by atoms with Gasteiger partial charge in [-0.15, -0.1) is 0 Å². The fraction of sp³-hybridized carbons (Fsp3) is 0.429. The van der Waals surface area contributed by atoms with Crippen LogP contribution in [0.1, 0.15) is 32.4 Å². The van der Waals surface area contributed by atoms with Crippen molar-refractivity contribution in [2.24, 2.45) is 11.8 Å². The van der Waals surface area contributed by atoms with Gasteiger partial charge in [-0.1, -0.05) is 37.6 Å². The standard InChI is InChI=1S/C14H18ClNO3/c1-8(9(2)14(18)19)13(17)16-10(3)11-5-4-6-12(15)7-11/h4-10H,1-3H3,(H,16,17)(H,18,19)/t8?,9?,10-/m1/s1. The number of carbonyl (C=O) groups excluding carboxylic acids is 1. The van der Waals surface area contributed by atoms with Gasteiger partial charge in [-0.05, 0) is 24.6 Å². The molecule has 0 aromatic heterocycles. The van der Waals surface area contributed by atoms with Crippen molar-refractivity contribution in [2.45, 2.75) is 26.8 Å². The van der Waals surface area contributed by atoms with E-state index in [0.717, 1.165) is 5.56 Å². The Morgan fingerprint density at radius 3 is 2.37 bits per heavy atom. The van der Waals surface area contributed by atoms with Gasteiger partial charge in [0.1, 0.15) is 0 Å². The van der Waals surface area contributed by atoms with Crippen molar-refractivity contribution in [1.82, 2.24) is 5.32 Å². The molecule has 0 bridgehead atoms. The zero-order chi connectivity index (χ0) is 14.6. The Balaban J connectivity index is 2.69. The van der Waals surface area contributed by atoms with Gasteiger partial charge < -0.3 is 10.4 Å². The number of rotatable bonds is 5. The number of hydrogen-bond donors (Lipinski definition) is 2. The molecule has 2 N–H and O–H groups in total. The van der Waals surface area contributed by atoms with Crippen molar-refractivity contribution < 1.29 is 14.7 Å². The number of carbonyl (C=O) groups is 2. The molecule has 0 aliphatic heterocycles. The molecule has 0 fully saturated rings. The van der Waals surface area contributed by atoms with Gasteiger partial charge in [0.05, 0.1) is 12.0 Å². The van der Waals surface area contributed by atoms with Gasteiger partial charge in [-0.3, -0.25) is 9.59 Å². The molecule has 1 aromatic rings. The molecule has 0 saturated heterocycles. The second kappa shape index (κ2) is 6.57. The lowest BCUT2D eigenvalue weighted by atomic mass is 9.94. The number of benzene rings is 1. The highest BCUT2D eigenvalue weighted by Gasteiger charge is 2.26. The van der Waals surface area contributed by atoms with Crippen LogP contribution in [0.4, 0.5) is 0 Å². The van der Waals surface area contributed by atoms with E-state index in [2.05, 4.69) is 5.32 Å². The quantitative estimate of drug-likeness (QED) is 0.873. The summed E-state index contributed by atoms with van der Waals surface area (Å²) in [6.07, 6.45) is 0. The van der Waals surface area contributed by atoms with E-state index in [9.17, 15) is 9.59 Å². The number of carboxylic acids is 1. The first-order valence-corrected chi connectivity index (χ1v) is 6.49. The Morgan fingerprint density at radius 2 is 1.84 bits per heavy atom. The maximum atomic E-state index is 12.0. The molecule has 1 amide bonds. The monoisotopic (exact) mass is 283 g/mol. The highest BCUT2D eigenvalue weighted by molar-refractivity contribution is 6.30. The van der Waals surface area contributed by atoms with E-state index in [1.807, 2.05) is 19.1 Å². The molecule has 0 aliphatic rings. The van der Waals surface area contributed by atoms with Gasteiger partial charge in [0, 0.05) is 10.9 Å². The molecule has 0 saturated carbocycles. The van der Waals surface area contributed by atoms with Crippen LogP contribution in [0, 0.1) is 11.8 Å². The number of amides is 1. The van der Waals surface area contributed by atoms with Crippen LogP contribution in [0.15, 0.2) is 24.3 Å². The second-order valence-corrected chi connectivity index (χ2v) is 5.14. The van der Waals surface area contributed by atoms with E-state index in [1.165, 1.54) is 6.92 Å². The first-order valence-electron chi connectivity index (χ1n) is 6.11. The predicted octanol–water partition coefficient (Wildman–Crippen LogP) is 2.87. The van der Waals surface area contributed by atoms with E-state index >= 15 is 0 Å². The van der Waals surface area contributed by atoms with Crippen molar-refractivity contribution in [2.75, 3.05) is 0 Å². The molecule has 5 heteroatoms. The van der Waals surface area contributed by atoms with Gasteiger partial charge in [0.15, 0.2) is 0 Å². The molecule has 19 heavy (non-hydrogen) atoms. The Hall–Kier alpha value is -1.55. The van der Waals surface area contributed by atoms with E-state index < -0.39 is 17.8 Å². The summed E-state index contributed by atoms with van der Waals surface area (Å²) in [5.41, 5.74) is 0.885. The lowest BCUT2D eigenvalue weighted by molar-refractivity contribution is -0.146. The summed E-state index contributed by atoms with van der Waals surface area (Å²) in [6.45, 7) is 4.97. The molecule has 0 spiro atoms. The van der Waals surface area contributed by atoms with Crippen LogP contribution in [0.5, 0.6) is 0 Å². The molecule has 1 rings (SSSR count). The number of nitrogens with one attached hydrogen (secondary N) is 1. The van der Waals surface area contributed by atoms with E-state index in [4.69, 9.17) is 16.7 Å². The van der Waals surface area contributed by atoms with Gasteiger partial charge >= 0.3 is 5.97 Å². The molecule has 3 atom stereocenters. The largest absolute Gasteiger partial charge is 0.481 e. The van der Waals surface area contributed by atoms with Crippen molar-refractivity contribution >= 4 is 23.5 Å². The van der Waals surface area contributed by atoms with Crippen molar-refractivity contribution in [1.29, 1.82) is 0 Å². The van der Waals surface area contributed by atoms with Crippen molar-refractivity contribution in [3.8, 4) is 0 Å². The zero-order valence-electron chi connectivity index (χ0n) is 11.2. The summed E-state index contributed by atoms with van der Waals surface area (Å²) in [7, 11) is 0. The zero-order valence-corrected chi connectivity index (χ0v) is 11.9. The summed E-state index contributed by atoms with van der Waals surface area (Å²) >= 11 is 5.89. The fourth-order valence-electron chi connectivity index (χ4n) is 1.65. The fourth-order valence-corrected chi connectivity index (χ4v) is 1.84. The van der Waals surface area contributed by atoms with Crippen molar-refractivity contribution in [3.63, 3.8) is 0 Å². The minimum absolute atomic E-state index is 0.213. The Bertz CT molecular complexity index is 476. The van der Waals surface area contributed by atoms with Gasteiger partial charge in [-0.2, -0.15) is 0 Å². The second-order valence-electron chi connectivity index (χ2n) is 4.70. The molecule has 104 valence electrons. The van der Waals surface area contributed by atoms with Crippen LogP contribution in [0.3, 0.4) is 0 Å². The highest BCUT2D eigenvalue weighted by Crippen LogP contribution is 2.19. The Morgan fingerprint density at radius 1 is 1.21 bits per heavy atom. The average Bonchev–Trinajstić information content (AvgIpc) is 2.36. The number of aliphatic carboxylic acids is 1. The molecule has 0 aliphatic carbocycles. The molecule has 0 heterocycles. The SMILES string of the molecule is CC(C(=O)O)C(C)C(=O)N[C@H](C)c1cccc(Cl)c1. The summed E-state index contributed by atoms with van der Waals surface area (Å²) in [5.74, 6) is -2.55. The van der Waals surface area contributed by atoms with Crippen LogP contribution in [-0.2, 0) is 9.59 Å². The van der Waals surface area contributed by atoms with Gasteiger partial charge in [-0.25, -0.2) is 0 Å². The molecule has 1 aromatic carbocycles. The number of halogens is 1. The first-order chi connectivity index (χ1) is 8.82. The van der Waals surface area contributed by atoms with Crippen LogP contribution < -0.4 is 5.32 Å². The van der Waals surface area contributed by atoms with E-state index in [1.54, 1.807) is 19.1 Å². The van der Waals surface area contributed by atoms with Gasteiger partial charge in [0.2, 0.25) is 5.91 Å². The van der Waals surface area contributed by atoms with Gasteiger partial charge in [0.25, 0.3) is 0 Å². The maximum absolute atomic E-state index is 12.0. The smallest absolute Gasteiger partial charge is 0.307 e. The van der Waals surface area contributed by atoms with Crippen LogP contribution in [0.2, 0.25) is 5.02 Å². The first kappa shape index (κ1) is 15.5. The normalized spacial score (nSPS) is 15.4. The predicted molar refractivity (Wildman–Crippen MR) is 74.0 cm³/mol. The van der Waals surface area contributed by atoms with Crippen LogP contribution in [-0.4, -0.2) is 17.0 Å². The minimum atomic E-state index is -0.974. The van der Waals surface area contributed by atoms with E-state index in [-0.39, 0.29) is 11.9 Å². The lowest BCUT2D eigenvalue weighted by Gasteiger charge is -2.20. The summed E-state index contributed by atoms with van der Waals surface area (Å²) < 4.78 is 0. The maximum Gasteiger partial charge on any atom is 0.307 e. The number of hydrogen-bond acceptors (Lipinski definition) is 2. The average molecular weight is 284 g/mol. The molecule has 4 nitrogen and oxygen atoms in total. The molecular weight excluding hydrogens is 266 g/mol. The topological polar surface area (TPSA) is 66.4 Å². The molecule has 2 unspecified atom stereocenters. The third-order valence-corrected chi connectivity index (χ3v) is 3.50. The minimum Gasteiger partial charge on any atom is -0.481 e. The number of carboxylic acid groups (broad SMARTS) is 1.